The van der Waals surface area contributed by atoms with Gasteiger partial charge in [-0.3, -0.25) is 0 Å². The van der Waals surface area contributed by atoms with Gasteiger partial charge < -0.3 is 14.8 Å². The second-order valence-corrected chi connectivity index (χ2v) is 4.18. The summed E-state index contributed by atoms with van der Waals surface area (Å²) in [5, 5.41) is 3.52. The van der Waals surface area contributed by atoms with E-state index in [0.29, 0.717) is 6.04 Å². The fourth-order valence-electron chi connectivity index (χ4n) is 1.95. The smallest absolute Gasteiger partial charge is 0.124 e. The molecule has 0 fully saturated rings. The molecule has 0 saturated heterocycles. The molecule has 2 atom stereocenters. The first-order valence-corrected chi connectivity index (χ1v) is 5.79. The quantitative estimate of drug-likeness (QED) is 0.845. The number of nitrogens with one attached hydrogen (secondary N) is 1. The van der Waals surface area contributed by atoms with E-state index in [9.17, 15) is 0 Å². The van der Waals surface area contributed by atoms with Crippen LogP contribution in [0.25, 0.3) is 0 Å². The summed E-state index contributed by atoms with van der Waals surface area (Å²) < 4.78 is 10.9. The highest BCUT2D eigenvalue weighted by Gasteiger charge is 2.20. The van der Waals surface area contributed by atoms with Crippen LogP contribution in [0.4, 0.5) is 0 Å². The van der Waals surface area contributed by atoms with Crippen LogP contribution in [0.5, 0.6) is 5.75 Å². The fraction of sp³-hybridized carbons (Fsp3) is 0.538. The van der Waals surface area contributed by atoms with Crippen molar-refractivity contribution in [3.8, 4) is 5.75 Å². The molecule has 1 N–H and O–H groups in total. The molecule has 1 heterocycles. The fourth-order valence-corrected chi connectivity index (χ4v) is 1.95. The van der Waals surface area contributed by atoms with Gasteiger partial charge in [-0.15, -0.1) is 0 Å². The minimum Gasteiger partial charge on any atom is -0.493 e. The van der Waals surface area contributed by atoms with E-state index in [1.54, 1.807) is 7.11 Å². The normalized spacial score (nSPS) is 21.0. The van der Waals surface area contributed by atoms with Crippen molar-refractivity contribution in [2.24, 2.45) is 0 Å². The molecule has 1 aromatic carbocycles. The molecule has 0 spiro atoms. The number of para-hydroxylation sites is 1. The Morgan fingerprint density at radius 2 is 2.31 bits per heavy atom. The zero-order valence-electron chi connectivity index (χ0n) is 9.90. The van der Waals surface area contributed by atoms with Gasteiger partial charge in [0.15, 0.2) is 0 Å². The number of hydrogen-bond acceptors (Lipinski definition) is 3. The molecule has 3 heteroatoms. The molecule has 88 valence electrons. The van der Waals surface area contributed by atoms with Crippen LogP contribution in [0, 0.1) is 0 Å². The summed E-state index contributed by atoms with van der Waals surface area (Å²) >= 11 is 0. The van der Waals surface area contributed by atoms with E-state index < -0.39 is 0 Å². The molecule has 0 saturated carbocycles. The standard InChI is InChI=1S/C13H19NO2/c1-10(15-2)9-14-12-7-8-16-13-6-4-3-5-11(12)13/h3-6,10,12,14H,7-9H2,1-2H3. The SMILES string of the molecule is COC(C)CNC1CCOc2ccccc21. The van der Waals surface area contributed by atoms with Gasteiger partial charge in [-0.25, -0.2) is 0 Å². The van der Waals surface area contributed by atoms with E-state index in [4.69, 9.17) is 9.47 Å². The molecule has 2 rings (SSSR count). The van der Waals surface area contributed by atoms with E-state index in [1.807, 2.05) is 12.1 Å². The van der Waals surface area contributed by atoms with E-state index in [-0.39, 0.29) is 6.10 Å². The molecule has 0 bridgehead atoms. The summed E-state index contributed by atoms with van der Waals surface area (Å²) in [7, 11) is 1.74. The van der Waals surface area contributed by atoms with Crippen LogP contribution >= 0.6 is 0 Å². The van der Waals surface area contributed by atoms with E-state index >= 15 is 0 Å². The van der Waals surface area contributed by atoms with Crippen LogP contribution in [-0.2, 0) is 4.74 Å². The first kappa shape index (κ1) is 11.4. The van der Waals surface area contributed by atoms with Crippen molar-refractivity contribution >= 4 is 0 Å². The van der Waals surface area contributed by atoms with Gasteiger partial charge in [0.1, 0.15) is 5.75 Å². The van der Waals surface area contributed by atoms with Gasteiger partial charge in [-0.05, 0) is 13.0 Å². The highest BCUT2D eigenvalue weighted by molar-refractivity contribution is 5.37. The van der Waals surface area contributed by atoms with Crippen molar-refractivity contribution in [1.82, 2.24) is 5.32 Å². The highest BCUT2D eigenvalue weighted by Crippen LogP contribution is 2.31. The van der Waals surface area contributed by atoms with Crippen molar-refractivity contribution in [3.63, 3.8) is 0 Å². The van der Waals surface area contributed by atoms with Crippen molar-refractivity contribution in [1.29, 1.82) is 0 Å². The number of hydrogen-bond donors (Lipinski definition) is 1. The van der Waals surface area contributed by atoms with Crippen molar-refractivity contribution in [2.75, 3.05) is 20.3 Å². The molecule has 1 aliphatic heterocycles. The van der Waals surface area contributed by atoms with E-state index in [1.165, 1.54) is 5.56 Å². The average Bonchev–Trinajstić information content (AvgIpc) is 2.35. The first-order valence-electron chi connectivity index (χ1n) is 5.79. The third kappa shape index (κ3) is 2.54. The molecule has 1 aromatic rings. The molecule has 1 aliphatic rings. The van der Waals surface area contributed by atoms with Crippen LogP contribution in [0.1, 0.15) is 24.9 Å². The Balaban J connectivity index is 2.01. The van der Waals surface area contributed by atoms with Gasteiger partial charge in [0.05, 0.1) is 12.7 Å². The summed E-state index contributed by atoms with van der Waals surface area (Å²) in [5.74, 6) is 1.01. The summed E-state index contributed by atoms with van der Waals surface area (Å²) in [4.78, 5) is 0. The van der Waals surface area contributed by atoms with Gasteiger partial charge in [0.2, 0.25) is 0 Å². The molecule has 2 unspecified atom stereocenters. The zero-order valence-corrected chi connectivity index (χ0v) is 9.90. The topological polar surface area (TPSA) is 30.5 Å². The van der Waals surface area contributed by atoms with Crippen molar-refractivity contribution < 1.29 is 9.47 Å². The Bertz CT molecular complexity index is 340. The van der Waals surface area contributed by atoms with Gasteiger partial charge >= 0.3 is 0 Å². The second kappa shape index (κ2) is 5.32. The van der Waals surface area contributed by atoms with Crippen LogP contribution in [0.2, 0.25) is 0 Å². The first-order chi connectivity index (χ1) is 7.81. The Morgan fingerprint density at radius 3 is 3.12 bits per heavy atom. The number of benzene rings is 1. The third-order valence-electron chi connectivity index (χ3n) is 3.01. The number of fused-ring (bicyclic) bond motifs is 1. The van der Waals surface area contributed by atoms with Crippen molar-refractivity contribution in [2.45, 2.75) is 25.5 Å². The molecular weight excluding hydrogens is 202 g/mol. The molecular formula is C13H19NO2. The number of methoxy groups -OCH3 is 1. The van der Waals surface area contributed by atoms with Crippen LogP contribution in [0.15, 0.2) is 24.3 Å². The van der Waals surface area contributed by atoms with Crippen LogP contribution in [-0.4, -0.2) is 26.4 Å². The van der Waals surface area contributed by atoms with Gasteiger partial charge in [-0.1, -0.05) is 18.2 Å². The molecule has 0 radical (unpaired) electrons. The maximum Gasteiger partial charge on any atom is 0.124 e. The van der Waals surface area contributed by atoms with Crippen LogP contribution in [0.3, 0.4) is 0 Å². The predicted octanol–water partition coefficient (Wildman–Crippen LogP) is 2.13. The summed E-state index contributed by atoms with van der Waals surface area (Å²) in [6, 6.07) is 8.62. The largest absolute Gasteiger partial charge is 0.493 e. The maximum absolute atomic E-state index is 5.62. The predicted molar refractivity (Wildman–Crippen MR) is 63.8 cm³/mol. The Labute approximate surface area is 96.8 Å². The molecule has 3 nitrogen and oxygen atoms in total. The summed E-state index contributed by atoms with van der Waals surface area (Å²) in [6.45, 7) is 3.73. The minimum atomic E-state index is 0.245. The lowest BCUT2D eigenvalue weighted by atomic mass is 10.0. The Kier molecular flexibility index (Phi) is 3.80. The van der Waals surface area contributed by atoms with E-state index in [0.717, 1.165) is 25.3 Å². The lowest BCUT2D eigenvalue weighted by molar-refractivity contribution is 0.111. The molecule has 16 heavy (non-hydrogen) atoms. The summed E-state index contributed by atoms with van der Waals surface area (Å²) in [5.41, 5.74) is 1.26. The second-order valence-electron chi connectivity index (χ2n) is 4.18. The maximum atomic E-state index is 5.62. The third-order valence-corrected chi connectivity index (χ3v) is 3.01. The highest BCUT2D eigenvalue weighted by atomic mass is 16.5. The molecule has 0 amide bonds. The average molecular weight is 221 g/mol. The minimum absolute atomic E-state index is 0.245. The van der Waals surface area contributed by atoms with Gasteiger partial charge in [0, 0.05) is 31.7 Å². The lowest BCUT2D eigenvalue weighted by Crippen LogP contribution is -2.32. The lowest BCUT2D eigenvalue weighted by Gasteiger charge is -2.27. The number of ether oxygens (including phenoxy) is 2. The molecule has 0 aromatic heterocycles. The van der Waals surface area contributed by atoms with Gasteiger partial charge in [0.25, 0.3) is 0 Å². The van der Waals surface area contributed by atoms with Crippen LogP contribution < -0.4 is 10.1 Å². The van der Waals surface area contributed by atoms with Gasteiger partial charge in [-0.2, -0.15) is 0 Å². The Hall–Kier alpha value is -1.06. The monoisotopic (exact) mass is 221 g/mol. The van der Waals surface area contributed by atoms with E-state index in [2.05, 4.69) is 24.4 Å². The van der Waals surface area contributed by atoms with Crippen molar-refractivity contribution in [3.05, 3.63) is 29.8 Å². The zero-order chi connectivity index (χ0) is 11.4. The number of rotatable bonds is 4. The Morgan fingerprint density at radius 1 is 1.50 bits per heavy atom. The summed E-state index contributed by atoms with van der Waals surface area (Å²) in [6.07, 6.45) is 1.27. The molecule has 0 aliphatic carbocycles.